The summed E-state index contributed by atoms with van der Waals surface area (Å²) in [5.74, 6) is 1.33. The fraction of sp³-hybridized carbons (Fsp3) is 0.385. The topological polar surface area (TPSA) is 75.6 Å². The quantitative estimate of drug-likeness (QED) is 0.769. The van der Waals surface area contributed by atoms with Crippen molar-refractivity contribution >= 4 is 11.9 Å². The molecule has 6 nitrogen and oxygen atoms in total. The van der Waals surface area contributed by atoms with Gasteiger partial charge in [0.15, 0.2) is 0 Å². The zero-order chi connectivity index (χ0) is 13.5. The SMILES string of the molecule is Cc1cnc(NCCCNc2ncc(C)cn2)nc1. The molecule has 2 heterocycles. The molecule has 0 saturated carbocycles. The Bertz CT molecular complexity index is 446. The Labute approximate surface area is 112 Å². The molecule has 2 rings (SSSR count). The lowest BCUT2D eigenvalue weighted by Crippen LogP contribution is -2.12. The van der Waals surface area contributed by atoms with E-state index in [-0.39, 0.29) is 0 Å². The van der Waals surface area contributed by atoms with Crippen LogP contribution in [0.15, 0.2) is 24.8 Å². The molecular weight excluding hydrogens is 240 g/mol. The van der Waals surface area contributed by atoms with Gasteiger partial charge < -0.3 is 10.6 Å². The molecule has 0 fully saturated rings. The second kappa shape index (κ2) is 6.63. The van der Waals surface area contributed by atoms with Gasteiger partial charge in [0, 0.05) is 37.9 Å². The zero-order valence-corrected chi connectivity index (χ0v) is 11.2. The Hall–Kier alpha value is -2.24. The predicted octanol–water partition coefficient (Wildman–Crippen LogP) is 1.80. The van der Waals surface area contributed by atoms with Gasteiger partial charge in [-0.2, -0.15) is 0 Å². The third-order valence-corrected chi connectivity index (χ3v) is 2.48. The Morgan fingerprint density at radius 2 is 1.11 bits per heavy atom. The highest BCUT2D eigenvalue weighted by Crippen LogP contribution is 2.00. The highest BCUT2D eigenvalue weighted by molar-refractivity contribution is 5.25. The van der Waals surface area contributed by atoms with Crippen LogP contribution in [-0.2, 0) is 0 Å². The normalized spacial score (nSPS) is 10.2. The molecule has 6 heteroatoms. The standard InChI is InChI=1S/C13H18N6/c1-10-6-16-12(17-7-10)14-4-3-5-15-13-18-8-11(2)9-19-13/h6-9H,3-5H2,1-2H3,(H,14,16,17)(H,15,18,19). The van der Waals surface area contributed by atoms with Crippen molar-refractivity contribution in [2.75, 3.05) is 23.7 Å². The van der Waals surface area contributed by atoms with Gasteiger partial charge in [-0.3, -0.25) is 0 Å². The molecule has 0 aliphatic heterocycles. The number of hydrogen-bond acceptors (Lipinski definition) is 6. The first kappa shape index (κ1) is 13.2. The molecule has 0 spiro atoms. The molecule has 0 aliphatic carbocycles. The van der Waals surface area contributed by atoms with E-state index in [0.29, 0.717) is 11.9 Å². The zero-order valence-electron chi connectivity index (χ0n) is 11.2. The van der Waals surface area contributed by atoms with E-state index in [0.717, 1.165) is 30.6 Å². The van der Waals surface area contributed by atoms with Crippen LogP contribution in [0, 0.1) is 13.8 Å². The monoisotopic (exact) mass is 258 g/mol. The highest BCUT2D eigenvalue weighted by Gasteiger charge is 1.96. The lowest BCUT2D eigenvalue weighted by atomic mass is 10.4. The maximum atomic E-state index is 4.18. The minimum absolute atomic E-state index is 0.664. The highest BCUT2D eigenvalue weighted by atomic mass is 15.1. The average Bonchev–Trinajstić information content (AvgIpc) is 2.43. The third kappa shape index (κ3) is 4.50. The van der Waals surface area contributed by atoms with Gasteiger partial charge in [-0.25, -0.2) is 19.9 Å². The van der Waals surface area contributed by atoms with Gasteiger partial charge in [0.2, 0.25) is 11.9 Å². The van der Waals surface area contributed by atoms with E-state index in [1.807, 2.05) is 13.8 Å². The van der Waals surface area contributed by atoms with Gasteiger partial charge in [0.1, 0.15) is 0 Å². The first-order valence-electron chi connectivity index (χ1n) is 6.29. The second-order valence-electron chi connectivity index (χ2n) is 4.38. The summed E-state index contributed by atoms with van der Waals surface area (Å²) < 4.78 is 0. The largest absolute Gasteiger partial charge is 0.354 e. The van der Waals surface area contributed by atoms with Crippen molar-refractivity contribution in [3.8, 4) is 0 Å². The van der Waals surface area contributed by atoms with Gasteiger partial charge >= 0.3 is 0 Å². The number of nitrogens with zero attached hydrogens (tertiary/aromatic N) is 4. The van der Waals surface area contributed by atoms with Crippen molar-refractivity contribution in [3.63, 3.8) is 0 Å². The van der Waals surface area contributed by atoms with Crippen LogP contribution in [0.2, 0.25) is 0 Å². The summed E-state index contributed by atoms with van der Waals surface area (Å²) in [5.41, 5.74) is 2.12. The second-order valence-corrected chi connectivity index (χ2v) is 4.38. The minimum atomic E-state index is 0.664. The predicted molar refractivity (Wildman–Crippen MR) is 75.1 cm³/mol. The molecule has 2 aromatic rings. The molecule has 2 aromatic heterocycles. The first-order valence-corrected chi connectivity index (χ1v) is 6.29. The fourth-order valence-corrected chi connectivity index (χ4v) is 1.46. The molecule has 0 saturated heterocycles. The number of aromatic nitrogens is 4. The summed E-state index contributed by atoms with van der Waals surface area (Å²) in [6.45, 7) is 5.55. The fourth-order valence-electron chi connectivity index (χ4n) is 1.46. The third-order valence-electron chi connectivity index (χ3n) is 2.48. The van der Waals surface area contributed by atoms with Gasteiger partial charge in [-0.05, 0) is 31.4 Å². The Balaban J connectivity index is 1.64. The lowest BCUT2D eigenvalue weighted by molar-refractivity contribution is 0.881. The van der Waals surface area contributed by atoms with E-state index >= 15 is 0 Å². The molecule has 0 unspecified atom stereocenters. The van der Waals surface area contributed by atoms with E-state index in [2.05, 4.69) is 30.6 Å². The Kier molecular flexibility index (Phi) is 4.60. The molecule has 2 N–H and O–H groups in total. The van der Waals surface area contributed by atoms with E-state index in [4.69, 9.17) is 0 Å². The Morgan fingerprint density at radius 1 is 0.737 bits per heavy atom. The van der Waals surface area contributed by atoms with E-state index in [1.54, 1.807) is 24.8 Å². The molecule has 0 aliphatic rings. The molecule has 19 heavy (non-hydrogen) atoms. The van der Waals surface area contributed by atoms with Crippen molar-refractivity contribution < 1.29 is 0 Å². The van der Waals surface area contributed by atoms with Crippen LogP contribution in [0.25, 0.3) is 0 Å². The Morgan fingerprint density at radius 3 is 1.47 bits per heavy atom. The van der Waals surface area contributed by atoms with Crippen LogP contribution in [-0.4, -0.2) is 33.0 Å². The number of hydrogen-bond donors (Lipinski definition) is 2. The van der Waals surface area contributed by atoms with Crippen LogP contribution in [0.4, 0.5) is 11.9 Å². The van der Waals surface area contributed by atoms with Crippen molar-refractivity contribution in [1.29, 1.82) is 0 Å². The maximum Gasteiger partial charge on any atom is 0.222 e. The van der Waals surface area contributed by atoms with Crippen LogP contribution < -0.4 is 10.6 Å². The van der Waals surface area contributed by atoms with E-state index in [1.165, 1.54) is 0 Å². The molecule has 0 atom stereocenters. The van der Waals surface area contributed by atoms with Crippen LogP contribution in [0.5, 0.6) is 0 Å². The molecule has 0 amide bonds. The molecule has 100 valence electrons. The summed E-state index contributed by atoms with van der Waals surface area (Å²) in [7, 11) is 0. The van der Waals surface area contributed by atoms with Gasteiger partial charge in [0.05, 0.1) is 0 Å². The van der Waals surface area contributed by atoms with Crippen molar-refractivity contribution in [2.24, 2.45) is 0 Å². The molecular formula is C13H18N6. The molecule has 0 aromatic carbocycles. The lowest BCUT2D eigenvalue weighted by Gasteiger charge is -2.06. The van der Waals surface area contributed by atoms with Crippen molar-refractivity contribution in [2.45, 2.75) is 20.3 Å². The van der Waals surface area contributed by atoms with Crippen LogP contribution >= 0.6 is 0 Å². The minimum Gasteiger partial charge on any atom is -0.354 e. The van der Waals surface area contributed by atoms with E-state index < -0.39 is 0 Å². The average molecular weight is 258 g/mol. The summed E-state index contributed by atoms with van der Waals surface area (Å²) in [4.78, 5) is 16.7. The number of rotatable bonds is 6. The van der Waals surface area contributed by atoms with Gasteiger partial charge in [-0.15, -0.1) is 0 Å². The first-order chi connectivity index (χ1) is 9.24. The van der Waals surface area contributed by atoms with Crippen molar-refractivity contribution in [1.82, 2.24) is 19.9 Å². The van der Waals surface area contributed by atoms with Crippen LogP contribution in [0.1, 0.15) is 17.5 Å². The molecule has 0 radical (unpaired) electrons. The molecule has 0 bridgehead atoms. The number of nitrogens with one attached hydrogen (secondary N) is 2. The van der Waals surface area contributed by atoms with Crippen LogP contribution in [0.3, 0.4) is 0 Å². The number of anilines is 2. The summed E-state index contributed by atoms with van der Waals surface area (Å²) in [5, 5.41) is 6.33. The van der Waals surface area contributed by atoms with Gasteiger partial charge in [-0.1, -0.05) is 0 Å². The summed E-state index contributed by atoms with van der Waals surface area (Å²) in [6, 6.07) is 0. The maximum absolute atomic E-state index is 4.18. The number of aryl methyl sites for hydroxylation is 2. The summed E-state index contributed by atoms with van der Waals surface area (Å²) in [6.07, 6.45) is 8.14. The van der Waals surface area contributed by atoms with Gasteiger partial charge in [0.25, 0.3) is 0 Å². The van der Waals surface area contributed by atoms with Crippen molar-refractivity contribution in [3.05, 3.63) is 35.9 Å². The van der Waals surface area contributed by atoms with E-state index in [9.17, 15) is 0 Å². The summed E-state index contributed by atoms with van der Waals surface area (Å²) >= 11 is 0. The smallest absolute Gasteiger partial charge is 0.222 e.